The Hall–Kier alpha value is -1.77. The van der Waals surface area contributed by atoms with E-state index in [-0.39, 0.29) is 4.11 Å². The van der Waals surface area contributed by atoms with Crippen molar-refractivity contribution < 1.29 is 19.1 Å². The number of ether oxygens (including phenoxy) is 2. The number of rotatable bonds is 5. The zero-order chi connectivity index (χ0) is 18.6. The van der Waals surface area contributed by atoms with Crippen LogP contribution in [0.1, 0.15) is 33.3 Å². The molecule has 2 atom stereocenters. The number of aromatic amines is 1. The van der Waals surface area contributed by atoms with Crippen LogP contribution in [0.15, 0.2) is 30.5 Å². The van der Waals surface area contributed by atoms with Crippen molar-refractivity contribution >= 4 is 45.6 Å². The van der Waals surface area contributed by atoms with Gasteiger partial charge >= 0.3 is 12.1 Å². The zero-order valence-electron chi connectivity index (χ0n) is 14.8. The second kappa shape index (κ2) is 8.07. The lowest BCUT2D eigenvalue weighted by atomic mass is 10.0. The van der Waals surface area contributed by atoms with Gasteiger partial charge in [-0.3, -0.25) is 0 Å². The Balaban J connectivity index is 2.15. The van der Waals surface area contributed by atoms with Crippen LogP contribution in [0.3, 0.4) is 0 Å². The quantitative estimate of drug-likeness (QED) is 0.404. The maximum absolute atomic E-state index is 12.4. The molecule has 6 nitrogen and oxygen atoms in total. The number of H-pyrrole nitrogens is 1. The number of benzene rings is 1. The largest absolute Gasteiger partial charge is 0.450 e. The number of hydrogen-bond donors (Lipinski definition) is 2. The van der Waals surface area contributed by atoms with Gasteiger partial charge in [-0.2, -0.15) is 0 Å². The van der Waals surface area contributed by atoms with Crippen molar-refractivity contribution in [1.29, 1.82) is 0 Å². The summed E-state index contributed by atoms with van der Waals surface area (Å²) in [6, 6.07) is 6.99. The van der Waals surface area contributed by atoms with Crippen LogP contribution in [0, 0.1) is 0 Å². The van der Waals surface area contributed by atoms with Crippen LogP contribution >= 0.6 is 22.6 Å². The topological polar surface area (TPSA) is 80.4 Å². The molecule has 2 aromatic rings. The molecule has 0 aliphatic rings. The molecule has 136 valence electrons. The lowest BCUT2D eigenvalue weighted by Crippen LogP contribution is -2.45. The number of amides is 1. The minimum atomic E-state index is -0.816. The van der Waals surface area contributed by atoms with E-state index in [0.717, 1.165) is 16.5 Å². The van der Waals surface area contributed by atoms with Crippen LogP contribution in [0.5, 0.6) is 0 Å². The SMILES string of the molecule is CC(I)OC(=O)[C@@H](Cc1ccc2[nH]ccc2c1)NC(=O)OC(C)(C)C. The summed E-state index contributed by atoms with van der Waals surface area (Å²) in [7, 11) is 0. The Labute approximate surface area is 160 Å². The van der Waals surface area contributed by atoms with Gasteiger partial charge in [-0.15, -0.1) is 0 Å². The van der Waals surface area contributed by atoms with Crippen LogP contribution in [0.2, 0.25) is 0 Å². The standard InChI is InChI=1S/C18H23IN2O4/c1-11(19)24-16(22)15(21-17(23)25-18(2,3)4)10-12-5-6-14-13(9-12)7-8-20-14/h5-9,11,15,20H,10H2,1-4H3,(H,21,23)/t11?,15-/m1/s1. The van der Waals surface area contributed by atoms with Gasteiger partial charge in [0.25, 0.3) is 0 Å². The van der Waals surface area contributed by atoms with Gasteiger partial charge in [-0.25, -0.2) is 9.59 Å². The third kappa shape index (κ3) is 6.22. The van der Waals surface area contributed by atoms with E-state index < -0.39 is 23.7 Å². The van der Waals surface area contributed by atoms with Gasteiger partial charge in [-0.1, -0.05) is 6.07 Å². The Morgan fingerprint density at radius 3 is 2.64 bits per heavy atom. The Morgan fingerprint density at radius 1 is 1.28 bits per heavy atom. The molecule has 0 spiro atoms. The number of fused-ring (bicyclic) bond motifs is 1. The number of halogens is 1. The molecule has 1 amide bonds. The van der Waals surface area contributed by atoms with Gasteiger partial charge < -0.3 is 19.8 Å². The van der Waals surface area contributed by atoms with Crippen molar-refractivity contribution in [3.05, 3.63) is 36.0 Å². The van der Waals surface area contributed by atoms with Crippen molar-refractivity contribution in [2.24, 2.45) is 0 Å². The summed E-state index contributed by atoms with van der Waals surface area (Å²) in [5, 5.41) is 3.67. The molecular formula is C18H23IN2O4. The van der Waals surface area contributed by atoms with Crippen LogP contribution < -0.4 is 5.32 Å². The number of carbonyl (C=O) groups is 2. The van der Waals surface area contributed by atoms with Gasteiger partial charge in [0, 0.05) is 18.1 Å². The molecule has 2 N–H and O–H groups in total. The van der Waals surface area contributed by atoms with Gasteiger partial charge in [0.15, 0.2) is 0 Å². The minimum absolute atomic E-state index is 0.291. The van der Waals surface area contributed by atoms with Crippen molar-refractivity contribution in [3.63, 3.8) is 0 Å². The van der Waals surface area contributed by atoms with Crippen molar-refractivity contribution in [2.45, 2.75) is 49.9 Å². The maximum atomic E-state index is 12.4. The summed E-state index contributed by atoms with van der Waals surface area (Å²) < 4.78 is 10.2. The Morgan fingerprint density at radius 2 is 2.00 bits per heavy atom. The predicted molar refractivity (Wildman–Crippen MR) is 105 cm³/mol. The summed E-state index contributed by atoms with van der Waals surface area (Å²) in [4.78, 5) is 27.6. The lowest BCUT2D eigenvalue weighted by Gasteiger charge is -2.23. The second-order valence-electron chi connectivity index (χ2n) is 6.78. The average Bonchev–Trinajstić information content (AvgIpc) is 2.91. The van der Waals surface area contributed by atoms with E-state index in [4.69, 9.17) is 9.47 Å². The first-order chi connectivity index (χ1) is 11.6. The molecule has 0 radical (unpaired) electrons. The fourth-order valence-electron chi connectivity index (χ4n) is 2.35. The summed E-state index contributed by atoms with van der Waals surface area (Å²) >= 11 is 2.00. The summed E-state index contributed by atoms with van der Waals surface area (Å²) in [5.74, 6) is -0.484. The highest BCUT2D eigenvalue weighted by molar-refractivity contribution is 14.1. The second-order valence-corrected chi connectivity index (χ2v) is 8.54. The van der Waals surface area contributed by atoms with Crippen molar-refractivity contribution in [3.8, 4) is 0 Å². The first-order valence-electron chi connectivity index (χ1n) is 8.04. The molecule has 0 bridgehead atoms. The van der Waals surface area contributed by atoms with Crippen LogP contribution in [-0.2, 0) is 20.7 Å². The maximum Gasteiger partial charge on any atom is 0.408 e. The van der Waals surface area contributed by atoms with E-state index >= 15 is 0 Å². The molecule has 1 unspecified atom stereocenters. The van der Waals surface area contributed by atoms with Crippen molar-refractivity contribution in [1.82, 2.24) is 10.3 Å². The number of alkyl carbamates (subject to hydrolysis) is 1. The predicted octanol–water partition coefficient (Wildman–Crippen LogP) is 3.93. The Bertz CT molecular complexity index is 749. The minimum Gasteiger partial charge on any atom is -0.450 e. The first kappa shape index (κ1) is 19.6. The highest BCUT2D eigenvalue weighted by atomic mass is 127. The number of esters is 1. The zero-order valence-corrected chi connectivity index (χ0v) is 16.9. The third-order valence-electron chi connectivity index (χ3n) is 3.31. The van der Waals surface area contributed by atoms with Crippen LogP contribution in [0.25, 0.3) is 10.9 Å². The van der Waals surface area contributed by atoms with E-state index in [1.54, 1.807) is 27.7 Å². The molecule has 0 saturated heterocycles. The third-order valence-corrected chi connectivity index (χ3v) is 3.57. The lowest BCUT2D eigenvalue weighted by molar-refractivity contribution is -0.146. The van der Waals surface area contributed by atoms with E-state index in [1.807, 2.05) is 53.1 Å². The molecule has 0 aliphatic carbocycles. The van der Waals surface area contributed by atoms with E-state index in [9.17, 15) is 9.59 Å². The van der Waals surface area contributed by atoms with E-state index in [0.29, 0.717) is 6.42 Å². The fraction of sp³-hybridized carbons (Fsp3) is 0.444. The number of aromatic nitrogens is 1. The van der Waals surface area contributed by atoms with Crippen LogP contribution in [-0.4, -0.2) is 32.8 Å². The molecule has 7 heteroatoms. The van der Waals surface area contributed by atoms with E-state index in [2.05, 4.69) is 10.3 Å². The summed E-state index contributed by atoms with van der Waals surface area (Å²) in [6.45, 7) is 7.07. The summed E-state index contributed by atoms with van der Waals surface area (Å²) in [6.07, 6.45) is 1.54. The van der Waals surface area contributed by atoms with E-state index in [1.165, 1.54) is 0 Å². The molecule has 1 aromatic heterocycles. The molecule has 0 aliphatic heterocycles. The van der Waals surface area contributed by atoms with Gasteiger partial charge in [-0.05, 0) is 79.4 Å². The summed E-state index contributed by atoms with van der Waals surface area (Å²) in [5.41, 5.74) is 1.30. The fourth-order valence-corrected chi connectivity index (χ4v) is 2.60. The number of nitrogens with one attached hydrogen (secondary N) is 2. The molecule has 25 heavy (non-hydrogen) atoms. The molecule has 0 saturated carbocycles. The molecule has 0 fully saturated rings. The average molecular weight is 458 g/mol. The Kier molecular flexibility index (Phi) is 6.31. The molecule has 1 aromatic carbocycles. The van der Waals surface area contributed by atoms with Crippen LogP contribution in [0.4, 0.5) is 4.79 Å². The molecule has 2 rings (SSSR count). The monoisotopic (exact) mass is 458 g/mol. The normalized spacial score (nSPS) is 14.0. The van der Waals surface area contributed by atoms with Gasteiger partial charge in [0.05, 0.1) is 0 Å². The molecular weight excluding hydrogens is 435 g/mol. The molecule has 1 heterocycles. The highest BCUT2D eigenvalue weighted by Gasteiger charge is 2.26. The first-order valence-corrected chi connectivity index (χ1v) is 9.29. The number of hydrogen-bond acceptors (Lipinski definition) is 4. The number of carbonyl (C=O) groups excluding carboxylic acids is 2. The van der Waals surface area contributed by atoms with Gasteiger partial charge in [0.2, 0.25) is 0 Å². The van der Waals surface area contributed by atoms with Crippen molar-refractivity contribution in [2.75, 3.05) is 0 Å². The number of alkyl halides is 1. The van der Waals surface area contributed by atoms with Gasteiger partial charge in [0.1, 0.15) is 15.8 Å². The smallest absolute Gasteiger partial charge is 0.408 e. The highest BCUT2D eigenvalue weighted by Crippen LogP contribution is 2.17.